The van der Waals surface area contributed by atoms with Gasteiger partial charge in [-0.25, -0.2) is 0 Å². The van der Waals surface area contributed by atoms with E-state index in [1.807, 2.05) is 46.2 Å². The van der Waals surface area contributed by atoms with Crippen molar-refractivity contribution in [3.8, 4) is 11.4 Å². The lowest BCUT2D eigenvalue weighted by molar-refractivity contribution is -0.137. The normalized spacial score (nSPS) is 17.3. The maximum Gasteiger partial charge on any atom is 0.271 e. The van der Waals surface area contributed by atoms with E-state index < -0.39 is 0 Å². The molecule has 8 heteroatoms. The van der Waals surface area contributed by atoms with Crippen LogP contribution in [-0.4, -0.2) is 76.1 Å². The van der Waals surface area contributed by atoms with Crippen LogP contribution >= 0.6 is 0 Å². The summed E-state index contributed by atoms with van der Waals surface area (Å²) < 4.78 is 0. The fourth-order valence-corrected chi connectivity index (χ4v) is 4.66. The number of hydrogen-bond acceptors (Lipinski definition) is 5. The van der Waals surface area contributed by atoms with Gasteiger partial charge < -0.3 is 14.7 Å². The molecular weight excluding hydrogens is 416 g/mol. The Balaban J connectivity index is 1.13. The number of benzene rings is 1. The van der Waals surface area contributed by atoms with Crippen LogP contribution in [0.3, 0.4) is 0 Å². The van der Waals surface area contributed by atoms with Crippen LogP contribution in [-0.2, 0) is 4.79 Å². The summed E-state index contributed by atoms with van der Waals surface area (Å²) in [6, 6.07) is 17.7. The van der Waals surface area contributed by atoms with Gasteiger partial charge in [0.15, 0.2) is 0 Å². The number of amides is 2. The number of piperazine rings is 1. The van der Waals surface area contributed by atoms with E-state index in [1.54, 1.807) is 12.3 Å². The van der Waals surface area contributed by atoms with Gasteiger partial charge in [0.2, 0.25) is 5.91 Å². The molecule has 2 aliphatic rings. The van der Waals surface area contributed by atoms with E-state index in [4.69, 9.17) is 0 Å². The van der Waals surface area contributed by atoms with Crippen LogP contribution in [0.2, 0.25) is 0 Å². The molecule has 4 heterocycles. The number of H-pyrrole nitrogens is 1. The standard InChI is InChI=1S/C25H28N6O2/c32-24(31-16-14-29(15-17-31)20-6-2-1-3-7-20)19-9-12-30(13-10-19)25(33)23-18-22(27-28-23)21-8-4-5-11-26-21/h1-8,11,18-19H,9-10,12-17H2,(H,27,28). The van der Waals surface area contributed by atoms with E-state index >= 15 is 0 Å². The average molecular weight is 445 g/mol. The van der Waals surface area contributed by atoms with E-state index in [1.165, 1.54) is 5.69 Å². The summed E-state index contributed by atoms with van der Waals surface area (Å²) in [6.07, 6.45) is 3.10. The Hall–Kier alpha value is -3.68. The summed E-state index contributed by atoms with van der Waals surface area (Å²) in [6.45, 7) is 4.36. The minimum Gasteiger partial charge on any atom is -0.368 e. The van der Waals surface area contributed by atoms with Crippen LogP contribution in [0.1, 0.15) is 23.3 Å². The molecular formula is C25H28N6O2. The average Bonchev–Trinajstić information content (AvgIpc) is 3.40. The fourth-order valence-electron chi connectivity index (χ4n) is 4.66. The number of carbonyl (C=O) groups excluding carboxylic acids is 2. The second kappa shape index (κ2) is 9.44. The number of piperidine rings is 1. The van der Waals surface area contributed by atoms with E-state index in [9.17, 15) is 9.59 Å². The van der Waals surface area contributed by atoms with Gasteiger partial charge in [-0.1, -0.05) is 24.3 Å². The first-order chi connectivity index (χ1) is 16.2. The maximum atomic E-state index is 13.1. The number of carbonyl (C=O) groups is 2. The maximum absolute atomic E-state index is 13.1. The predicted molar refractivity (Wildman–Crippen MR) is 126 cm³/mol. The van der Waals surface area contributed by atoms with Gasteiger partial charge in [0.25, 0.3) is 5.91 Å². The number of aromatic amines is 1. The lowest BCUT2D eigenvalue weighted by atomic mass is 9.94. The van der Waals surface area contributed by atoms with Crippen molar-refractivity contribution in [2.45, 2.75) is 12.8 Å². The van der Waals surface area contributed by atoms with E-state index in [0.717, 1.165) is 31.9 Å². The molecule has 2 aromatic heterocycles. The molecule has 1 aromatic carbocycles. The Morgan fingerprint density at radius 1 is 0.818 bits per heavy atom. The number of aromatic nitrogens is 3. The molecule has 0 aliphatic carbocycles. The molecule has 170 valence electrons. The van der Waals surface area contributed by atoms with Crippen LogP contribution in [0.5, 0.6) is 0 Å². The molecule has 0 unspecified atom stereocenters. The molecule has 0 radical (unpaired) electrons. The minimum atomic E-state index is -0.0768. The van der Waals surface area contributed by atoms with Gasteiger partial charge in [0, 0.05) is 57.1 Å². The van der Waals surface area contributed by atoms with E-state index in [-0.39, 0.29) is 17.7 Å². The van der Waals surface area contributed by atoms with E-state index in [0.29, 0.717) is 37.3 Å². The number of nitrogens with zero attached hydrogens (tertiary/aromatic N) is 5. The Bertz CT molecular complexity index is 1080. The SMILES string of the molecule is O=C(c1cc(-c2ccccn2)n[nH]1)N1CCC(C(=O)N2CCN(c3ccccc3)CC2)CC1. The second-order valence-electron chi connectivity index (χ2n) is 8.60. The molecule has 0 spiro atoms. The van der Waals surface area contributed by atoms with Crippen molar-refractivity contribution in [2.75, 3.05) is 44.2 Å². The molecule has 8 nitrogen and oxygen atoms in total. The third-order valence-corrected chi connectivity index (χ3v) is 6.58. The highest BCUT2D eigenvalue weighted by atomic mass is 16.2. The zero-order valence-electron chi connectivity index (χ0n) is 18.6. The van der Waals surface area contributed by atoms with Crippen molar-refractivity contribution in [3.05, 3.63) is 66.5 Å². The Kier molecular flexibility index (Phi) is 6.06. The zero-order chi connectivity index (χ0) is 22.6. The first-order valence-corrected chi connectivity index (χ1v) is 11.5. The van der Waals surface area contributed by atoms with Gasteiger partial charge >= 0.3 is 0 Å². The third kappa shape index (κ3) is 4.60. The highest BCUT2D eigenvalue weighted by Gasteiger charge is 2.32. The van der Waals surface area contributed by atoms with Crippen LogP contribution in [0.15, 0.2) is 60.8 Å². The van der Waals surface area contributed by atoms with Crippen molar-refractivity contribution in [2.24, 2.45) is 5.92 Å². The molecule has 2 saturated heterocycles. The summed E-state index contributed by atoms with van der Waals surface area (Å²) in [7, 11) is 0. The highest BCUT2D eigenvalue weighted by Crippen LogP contribution is 2.24. The minimum absolute atomic E-state index is 0.0110. The van der Waals surface area contributed by atoms with Crippen molar-refractivity contribution in [3.63, 3.8) is 0 Å². The van der Waals surface area contributed by atoms with Crippen LogP contribution < -0.4 is 4.90 Å². The summed E-state index contributed by atoms with van der Waals surface area (Å²) >= 11 is 0. The zero-order valence-corrected chi connectivity index (χ0v) is 18.6. The molecule has 2 amide bonds. The second-order valence-corrected chi connectivity index (χ2v) is 8.60. The summed E-state index contributed by atoms with van der Waals surface area (Å²) in [5.74, 6) is 0.143. The molecule has 5 rings (SSSR count). The Morgan fingerprint density at radius 3 is 2.24 bits per heavy atom. The summed E-state index contributed by atoms with van der Waals surface area (Å²) in [5, 5.41) is 7.08. The third-order valence-electron chi connectivity index (χ3n) is 6.58. The Morgan fingerprint density at radius 2 is 1.55 bits per heavy atom. The highest BCUT2D eigenvalue weighted by molar-refractivity contribution is 5.93. The monoisotopic (exact) mass is 444 g/mol. The molecule has 1 N–H and O–H groups in total. The topological polar surface area (TPSA) is 85.4 Å². The van der Waals surface area contributed by atoms with Gasteiger partial charge in [-0.05, 0) is 43.2 Å². The van der Waals surface area contributed by atoms with Crippen LogP contribution in [0.25, 0.3) is 11.4 Å². The summed E-state index contributed by atoms with van der Waals surface area (Å²) in [5.41, 5.74) is 3.04. The van der Waals surface area contributed by atoms with Gasteiger partial charge in [0.1, 0.15) is 11.4 Å². The quantitative estimate of drug-likeness (QED) is 0.669. The van der Waals surface area contributed by atoms with Gasteiger partial charge in [-0.2, -0.15) is 5.10 Å². The van der Waals surface area contributed by atoms with Gasteiger partial charge in [-0.15, -0.1) is 0 Å². The first kappa shape index (κ1) is 21.2. The number of para-hydroxylation sites is 1. The number of pyridine rings is 1. The van der Waals surface area contributed by atoms with Gasteiger partial charge in [0.05, 0.1) is 5.69 Å². The number of nitrogens with one attached hydrogen (secondary N) is 1. The smallest absolute Gasteiger partial charge is 0.271 e. The van der Waals surface area contributed by atoms with Crippen molar-refractivity contribution in [1.82, 2.24) is 25.0 Å². The van der Waals surface area contributed by atoms with Gasteiger partial charge in [-0.3, -0.25) is 19.7 Å². The van der Waals surface area contributed by atoms with Crippen LogP contribution in [0, 0.1) is 5.92 Å². The predicted octanol–water partition coefficient (Wildman–Crippen LogP) is 2.67. The lowest BCUT2D eigenvalue weighted by Crippen LogP contribution is -2.52. The van der Waals surface area contributed by atoms with Crippen LogP contribution in [0.4, 0.5) is 5.69 Å². The van der Waals surface area contributed by atoms with Crippen molar-refractivity contribution >= 4 is 17.5 Å². The van der Waals surface area contributed by atoms with E-state index in [2.05, 4.69) is 32.2 Å². The fraction of sp³-hybridized carbons (Fsp3) is 0.360. The largest absolute Gasteiger partial charge is 0.368 e. The number of likely N-dealkylation sites (tertiary alicyclic amines) is 1. The Labute approximate surface area is 193 Å². The first-order valence-electron chi connectivity index (χ1n) is 11.5. The number of hydrogen-bond donors (Lipinski definition) is 1. The molecule has 0 saturated carbocycles. The molecule has 2 aliphatic heterocycles. The lowest BCUT2D eigenvalue weighted by Gasteiger charge is -2.39. The van der Waals surface area contributed by atoms with Crippen molar-refractivity contribution < 1.29 is 9.59 Å². The summed E-state index contributed by atoms with van der Waals surface area (Å²) in [4.78, 5) is 36.4. The molecule has 3 aromatic rings. The van der Waals surface area contributed by atoms with Crippen molar-refractivity contribution in [1.29, 1.82) is 0 Å². The number of anilines is 1. The molecule has 0 atom stereocenters. The molecule has 33 heavy (non-hydrogen) atoms. The molecule has 0 bridgehead atoms. The molecule has 2 fully saturated rings. The number of rotatable bonds is 4.